The van der Waals surface area contributed by atoms with Gasteiger partial charge in [-0.05, 0) is 6.92 Å². The molecule has 1 aromatic heterocycles. The quantitative estimate of drug-likeness (QED) is 0.868. The zero-order valence-electron chi connectivity index (χ0n) is 11.3. The third-order valence-corrected chi connectivity index (χ3v) is 4.01. The van der Waals surface area contributed by atoms with Gasteiger partial charge in [0, 0.05) is 38.1 Å². The summed E-state index contributed by atoms with van der Waals surface area (Å²) in [7, 11) is 0. The maximum Gasteiger partial charge on any atom is 0.323 e. The lowest BCUT2D eigenvalue weighted by Crippen LogP contribution is -2.50. The Labute approximate surface area is 121 Å². The molecule has 2 N–H and O–H groups in total. The molecule has 1 aromatic rings. The Morgan fingerprint density at radius 1 is 1.40 bits per heavy atom. The molecule has 2 rings (SSSR count). The van der Waals surface area contributed by atoms with Crippen LogP contribution in [-0.4, -0.2) is 64.6 Å². The van der Waals surface area contributed by atoms with E-state index in [1.54, 1.807) is 4.90 Å². The molecule has 0 bridgehead atoms. The van der Waals surface area contributed by atoms with Gasteiger partial charge in [0.15, 0.2) is 5.13 Å². The van der Waals surface area contributed by atoms with E-state index in [-0.39, 0.29) is 12.5 Å². The Kier molecular flexibility index (Phi) is 4.91. The first-order valence-electron chi connectivity index (χ1n) is 6.47. The number of urea groups is 1. The Hall–Kier alpha value is -1.67. The van der Waals surface area contributed by atoms with Gasteiger partial charge in [0.05, 0.1) is 12.1 Å². The number of carbonyl (C=O) groups is 2. The van der Waals surface area contributed by atoms with Crippen molar-refractivity contribution in [2.45, 2.75) is 13.3 Å². The fourth-order valence-corrected chi connectivity index (χ4v) is 2.69. The van der Waals surface area contributed by atoms with E-state index in [0.717, 1.165) is 5.69 Å². The smallest absolute Gasteiger partial charge is 0.323 e. The number of carboxylic acids is 1. The SMILES string of the molecule is Cc1csc(NC(=O)N2CCN(CCC(=O)O)CC2)n1. The molecule has 2 amide bonds. The summed E-state index contributed by atoms with van der Waals surface area (Å²) in [4.78, 5) is 30.5. The van der Waals surface area contributed by atoms with Crippen molar-refractivity contribution < 1.29 is 14.7 Å². The van der Waals surface area contributed by atoms with E-state index >= 15 is 0 Å². The lowest BCUT2D eigenvalue weighted by molar-refractivity contribution is -0.137. The highest BCUT2D eigenvalue weighted by Gasteiger charge is 2.21. The number of rotatable bonds is 4. The van der Waals surface area contributed by atoms with Gasteiger partial charge in [-0.25, -0.2) is 9.78 Å². The molecule has 0 aromatic carbocycles. The standard InChI is InChI=1S/C12H18N4O3S/c1-9-8-20-11(13-9)14-12(19)16-6-4-15(5-7-16)3-2-10(17)18/h8H,2-7H2,1H3,(H,17,18)(H,13,14,19). The third kappa shape index (κ3) is 4.17. The highest BCUT2D eigenvalue weighted by molar-refractivity contribution is 7.13. The van der Waals surface area contributed by atoms with E-state index in [4.69, 9.17) is 5.11 Å². The highest BCUT2D eigenvalue weighted by Crippen LogP contribution is 2.15. The predicted octanol–water partition coefficient (Wildman–Crippen LogP) is 1.08. The maximum absolute atomic E-state index is 12.0. The molecule has 20 heavy (non-hydrogen) atoms. The molecule has 8 heteroatoms. The number of amides is 2. The molecule has 0 radical (unpaired) electrons. The van der Waals surface area contributed by atoms with Crippen LogP contribution in [0.4, 0.5) is 9.93 Å². The van der Waals surface area contributed by atoms with Crippen LogP contribution in [0.3, 0.4) is 0 Å². The van der Waals surface area contributed by atoms with Crippen molar-refractivity contribution in [1.29, 1.82) is 0 Å². The van der Waals surface area contributed by atoms with E-state index in [9.17, 15) is 9.59 Å². The van der Waals surface area contributed by atoms with Gasteiger partial charge in [-0.3, -0.25) is 15.0 Å². The van der Waals surface area contributed by atoms with Crippen molar-refractivity contribution in [3.8, 4) is 0 Å². The summed E-state index contributed by atoms with van der Waals surface area (Å²) in [5.41, 5.74) is 0.892. The Bertz CT molecular complexity index is 483. The molecule has 2 heterocycles. The minimum atomic E-state index is -0.788. The predicted molar refractivity (Wildman–Crippen MR) is 76.1 cm³/mol. The molecule has 1 aliphatic heterocycles. The number of nitrogens with zero attached hydrogens (tertiary/aromatic N) is 3. The van der Waals surface area contributed by atoms with Crippen LogP contribution in [0.25, 0.3) is 0 Å². The van der Waals surface area contributed by atoms with Gasteiger partial charge in [0.2, 0.25) is 0 Å². The molecule has 0 spiro atoms. The zero-order chi connectivity index (χ0) is 14.5. The number of hydrogen-bond donors (Lipinski definition) is 2. The number of aliphatic carboxylic acids is 1. The van der Waals surface area contributed by atoms with Crippen molar-refractivity contribution in [3.63, 3.8) is 0 Å². The Morgan fingerprint density at radius 3 is 2.65 bits per heavy atom. The van der Waals surface area contributed by atoms with Crippen LogP contribution in [0.1, 0.15) is 12.1 Å². The first-order valence-corrected chi connectivity index (χ1v) is 7.35. The van der Waals surface area contributed by atoms with Crippen LogP contribution in [0, 0.1) is 6.92 Å². The van der Waals surface area contributed by atoms with E-state index in [1.165, 1.54) is 11.3 Å². The van der Waals surface area contributed by atoms with E-state index in [1.807, 2.05) is 12.3 Å². The van der Waals surface area contributed by atoms with Gasteiger partial charge < -0.3 is 10.0 Å². The average Bonchev–Trinajstić information content (AvgIpc) is 2.82. The van der Waals surface area contributed by atoms with Crippen LogP contribution in [0.15, 0.2) is 5.38 Å². The summed E-state index contributed by atoms with van der Waals surface area (Å²) in [5.74, 6) is -0.788. The topological polar surface area (TPSA) is 85.8 Å². The summed E-state index contributed by atoms with van der Waals surface area (Å²) in [6.45, 7) is 5.05. The minimum absolute atomic E-state index is 0.141. The zero-order valence-corrected chi connectivity index (χ0v) is 12.2. The number of thiazole rings is 1. The number of anilines is 1. The molecule has 110 valence electrons. The minimum Gasteiger partial charge on any atom is -0.481 e. The molecule has 0 saturated carbocycles. The number of aromatic nitrogens is 1. The van der Waals surface area contributed by atoms with Gasteiger partial charge >= 0.3 is 12.0 Å². The maximum atomic E-state index is 12.0. The molecule has 0 unspecified atom stereocenters. The fraction of sp³-hybridized carbons (Fsp3) is 0.583. The van der Waals surface area contributed by atoms with Crippen molar-refractivity contribution >= 4 is 28.5 Å². The monoisotopic (exact) mass is 298 g/mol. The fourth-order valence-electron chi connectivity index (χ4n) is 2.01. The molecular formula is C12H18N4O3S. The Morgan fingerprint density at radius 2 is 2.10 bits per heavy atom. The van der Waals surface area contributed by atoms with Crippen LogP contribution in [0.2, 0.25) is 0 Å². The summed E-state index contributed by atoms with van der Waals surface area (Å²) >= 11 is 1.41. The average molecular weight is 298 g/mol. The van der Waals surface area contributed by atoms with Crippen molar-refractivity contribution in [2.75, 3.05) is 38.0 Å². The van der Waals surface area contributed by atoms with Gasteiger partial charge in [-0.15, -0.1) is 11.3 Å². The van der Waals surface area contributed by atoms with Gasteiger partial charge in [0.1, 0.15) is 0 Å². The van der Waals surface area contributed by atoms with Crippen molar-refractivity contribution in [1.82, 2.24) is 14.8 Å². The summed E-state index contributed by atoms with van der Waals surface area (Å²) in [6.07, 6.45) is 0.143. The molecule has 1 saturated heterocycles. The van der Waals surface area contributed by atoms with Crippen molar-refractivity contribution in [2.24, 2.45) is 0 Å². The highest BCUT2D eigenvalue weighted by atomic mass is 32.1. The molecular weight excluding hydrogens is 280 g/mol. The lowest BCUT2D eigenvalue weighted by Gasteiger charge is -2.34. The number of nitrogens with one attached hydrogen (secondary N) is 1. The number of carbonyl (C=O) groups excluding carboxylic acids is 1. The Balaban J connectivity index is 1.75. The normalized spacial score (nSPS) is 16.1. The van der Waals surface area contributed by atoms with Gasteiger partial charge in [-0.2, -0.15) is 0 Å². The summed E-state index contributed by atoms with van der Waals surface area (Å²) < 4.78 is 0. The second-order valence-electron chi connectivity index (χ2n) is 4.70. The second kappa shape index (κ2) is 6.67. The lowest BCUT2D eigenvalue weighted by atomic mass is 10.3. The van der Waals surface area contributed by atoms with Crippen molar-refractivity contribution in [3.05, 3.63) is 11.1 Å². The van der Waals surface area contributed by atoms with Crippen LogP contribution >= 0.6 is 11.3 Å². The number of aryl methyl sites for hydroxylation is 1. The van der Waals surface area contributed by atoms with Crippen LogP contribution in [-0.2, 0) is 4.79 Å². The van der Waals surface area contributed by atoms with Crippen LogP contribution < -0.4 is 5.32 Å². The first kappa shape index (κ1) is 14.7. The summed E-state index contributed by atoms with van der Waals surface area (Å²) in [5, 5.41) is 13.9. The largest absolute Gasteiger partial charge is 0.481 e. The molecule has 0 atom stereocenters. The molecule has 7 nitrogen and oxygen atoms in total. The van der Waals surface area contributed by atoms with Crippen LogP contribution in [0.5, 0.6) is 0 Å². The number of hydrogen-bond acceptors (Lipinski definition) is 5. The third-order valence-electron chi connectivity index (χ3n) is 3.13. The first-order chi connectivity index (χ1) is 9.54. The molecule has 1 fully saturated rings. The summed E-state index contributed by atoms with van der Waals surface area (Å²) in [6, 6.07) is -0.141. The molecule has 1 aliphatic rings. The van der Waals surface area contributed by atoms with E-state index < -0.39 is 5.97 Å². The van der Waals surface area contributed by atoms with Gasteiger partial charge in [0.25, 0.3) is 0 Å². The number of piperazine rings is 1. The second-order valence-corrected chi connectivity index (χ2v) is 5.55. The number of carboxylic acid groups (broad SMARTS) is 1. The van der Waals surface area contributed by atoms with E-state index in [2.05, 4.69) is 15.2 Å². The van der Waals surface area contributed by atoms with Gasteiger partial charge in [-0.1, -0.05) is 0 Å². The molecule has 0 aliphatic carbocycles. The van der Waals surface area contributed by atoms with E-state index in [0.29, 0.717) is 37.9 Å².